The van der Waals surface area contributed by atoms with Gasteiger partial charge in [-0.3, -0.25) is 4.99 Å². The molecule has 0 radical (unpaired) electrons. The minimum Gasteiger partial charge on any atom is -0.507 e. The Bertz CT molecular complexity index is 1060. The molecule has 0 saturated heterocycles. The molecule has 1 N–H and O–H groups in total. The molecule has 4 aromatic rings. The third-order valence-electron chi connectivity index (χ3n) is 3.95. The molecule has 0 bridgehead atoms. The van der Waals surface area contributed by atoms with E-state index in [0.717, 1.165) is 27.9 Å². The van der Waals surface area contributed by atoms with Gasteiger partial charge in [0.25, 0.3) is 0 Å². The number of hydrogen-bond acceptors (Lipinski definition) is 4. The lowest BCUT2D eigenvalue weighted by atomic mass is 10.2. The van der Waals surface area contributed by atoms with Crippen LogP contribution in [0.5, 0.6) is 5.75 Å². The van der Waals surface area contributed by atoms with Crippen molar-refractivity contribution in [3.63, 3.8) is 0 Å². The average Bonchev–Trinajstić information content (AvgIpc) is 3.04. The van der Waals surface area contributed by atoms with E-state index < -0.39 is 0 Å². The SMILES string of the molecule is Cc1ccc2oc(-c3ccc(N=Cc4ccccc4O)cc3)nc2c1. The molecule has 0 fully saturated rings. The highest BCUT2D eigenvalue weighted by Gasteiger charge is 2.08. The quantitative estimate of drug-likeness (QED) is 0.522. The molecular weight excluding hydrogens is 312 g/mol. The summed E-state index contributed by atoms with van der Waals surface area (Å²) in [4.78, 5) is 8.93. The molecule has 0 aliphatic carbocycles. The molecule has 0 aliphatic rings. The van der Waals surface area contributed by atoms with E-state index in [-0.39, 0.29) is 5.75 Å². The van der Waals surface area contributed by atoms with Gasteiger partial charge in [-0.15, -0.1) is 0 Å². The van der Waals surface area contributed by atoms with E-state index in [4.69, 9.17) is 4.42 Å². The predicted octanol–water partition coefficient (Wildman–Crippen LogP) is 5.26. The third kappa shape index (κ3) is 3.15. The minimum atomic E-state index is 0.213. The maximum atomic E-state index is 9.76. The van der Waals surface area contributed by atoms with Crippen LogP contribution in [0.1, 0.15) is 11.1 Å². The van der Waals surface area contributed by atoms with Crippen molar-refractivity contribution >= 4 is 23.0 Å². The molecule has 0 spiro atoms. The molecule has 0 saturated carbocycles. The summed E-state index contributed by atoms with van der Waals surface area (Å²) in [5.41, 5.74) is 5.16. The summed E-state index contributed by atoms with van der Waals surface area (Å²) in [6.07, 6.45) is 1.65. The van der Waals surface area contributed by atoms with Crippen LogP contribution in [0.25, 0.3) is 22.6 Å². The fourth-order valence-corrected chi connectivity index (χ4v) is 2.59. The molecule has 1 heterocycles. The molecule has 0 atom stereocenters. The summed E-state index contributed by atoms with van der Waals surface area (Å²) in [5, 5.41) is 9.76. The van der Waals surface area contributed by atoms with Crippen LogP contribution in [0.4, 0.5) is 5.69 Å². The van der Waals surface area contributed by atoms with Crippen molar-refractivity contribution in [2.24, 2.45) is 4.99 Å². The Hall–Kier alpha value is -3.40. The van der Waals surface area contributed by atoms with Gasteiger partial charge >= 0.3 is 0 Å². The van der Waals surface area contributed by atoms with E-state index in [2.05, 4.69) is 9.98 Å². The molecule has 4 rings (SSSR count). The van der Waals surface area contributed by atoms with E-state index in [0.29, 0.717) is 11.5 Å². The third-order valence-corrected chi connectivity index (χ3v) is 3.95. The predicted molar refractivity (Wildman–Crippen MR) is 99.5 cm³/mol. The first kappa shape index (κ1) is 15.1. The lowest BCUT2D eigenvalue weighted by Gasteiger charge is -1.98. The van der Waals surface area contributed by atoms with E-state index in [1.165, 1.54) is 0 Å². The van der Waals surface area contributed by atoms with Crippen LogP contribution >= 0.6 is 0 Å². The van der Waals surface area contributed by atoms with Crippen molar-refractivity contribution < 1.29 is 9.52 Å². The minimum absolute atomic E-state index is 0.213. The fourth-order valence-electron chi connectivity index (χ4n) is 2.59. The van der Waals surface area contributed by atoms with Crippen molar-refractivity contribution in [2.45, 2.75) is 6.92 Å². The highest BCUT2D eigenvalue weighted by atomic mass is 16.3. The highest BCUT2D eigenvalue weighted by molar-refractivity contribution is 5.85. The second-order valence-electron chi connectivity index (χ2n) is 5.85. The van der Waals surface area contributed by atoms with Gasteiger partial charge in [-0.25, -0.2) is 4.98 Å². The van der Waals surface area contributed by atoms with Gasteiger partial charge in [-0.05, 0) is 61.0 Å². The Morgan fingerprint density at radius 3 is 2.60 bits per heavy atom. The van der Waals surface area contributed by atoms with E-state index >= 15 is 0 Å². The van der Waals surface area contributed by atoms with Crippen LogP contribution in [0.3, 0.4) is 0 Å². The summed E-state index contributed by atoms with van der Waals surface area (Å²) in [7, 11) is 0. The number of nitrogens with zero attached hydrogens (tertiary/aromatic N) is 2. The zero-order valence-corrected chi connectivity index (χ0v) is 13.7. The van der Waals surface area contributed by atoms with Crippen LogP contribution in [-0.4, -0.2) is 16.3 Å². The van der Waals surface area contributed by atoms with Gasteiger partial charge in [-0.2, -0.15) is 0 Å². The number of aliphatic imine (C=N–C) groups is 1. The average molecular weight is 328 g/mol. The van der Waals surface area contributed by atoms with Gasteiger partial charge in [0, 0.05) is 17.3 Å². The fraction of sp³-hybridized carbons (Fsp3) is 0.0476. The number of aromatic nitrogens is 1. The first-order valence-electron chi connectivity index (χ1n) is 7.99. The molecule has 122 valence electrons. The lowest BCUT2D eigenvalue weighted by molar-refractivity contribution is 0.474. The number of benzene rings is 3. The highest BCUT2D eigenvalue weighted by Crippen LogP contribution is 2.26. The molecule has 0 aliphatic heterocycles. The Morgan fingerprint density at radius 2 is 1.80 bits per heavy atom. The number of phenolic OH excluding ortho intramolecular Hbond substituents is 1. The summed E-state index contributed by atoms with van der Waals surface area (Å²) >= 11 is 0. The molecule has 25 heavy (non-hydrogen) atoms. The number of phenols is 1. The number of hydrogen-bond donors (Lipinski definition) is 1. The van der Waals surface area contributed by atoms with Gasteiger partial charge in [0.05, 0.1) is 5.69 Å². The van der Waals surface area contributed by atoms with Gasteiger partial charge in [0.15, 0.2) is 5.58 Å². The van der Waals surface area contributed by atoms with Gasteiger partial charge in [0.2, 0.25) is 5.89 Å². The Morgan fingerprint density at radius 1 is 1.00 bits per heavy atom. The molecule has 4 nitrogen and oxygen atoms in total. The number of aromatic hydroxyl groups is 1. The number of rotatable bonds is 3. The molecule has 0 unspecified atom stereocenters. The van der Waals surface area contributed by atoms with Crippen LogP contribution in [0.15, 0.2) is 76.1 Å². The molecule has 4 heteroatoms. The first-order chi connectivity index (χ1) is 12.2. The van der Waals surface area contributed by atoms with E-state index in [9.17, 15) is 5.11 Å². The maximum Gasteiger partial charge on any atom is 0.227 e. The normalized spacial score (nSPS) is 11.4. The van der Waals surface area contributed by atoms with Crippen molar-refractivity contribution in [3.8, 4) is 17.2 Å². The number of fused-ring (bicyclic) bond motifs is 1. The maximum absolute atomic E-state index is 9.76. The first-order valence-corrected chi connectivity index (χ1v) is 7.99. The van der Waals surface area contributed by atoms with Crippen LogP contribution in [0, 0.1) is 6.92 Å². The molecule has 0 amide bonds. The van der Waals surface area contributed by atoms with Crippen LogP contribution in [0.2, 0.25) is 0 Å². The van der Waals surface area contributed by atoms with Gasteiger partial charge in [-0.1, -0.05) is 18.2 Å². The monoisotopic (exact) mass is 328 g/mol. The molecule has 1 aromatic heterocycles. The van der Waals surface area contributed by atoms with Crippen molar-refractivity contribution in [3.05, 3.63) is 77.9 Å². The van der Waals surface area contributed by atoms with Gasteiger partial charge < -0.3 is 9.52 Å². The molecule has 3 aromatic carbocycles. The molecular formula is C21H16N2O2. The number of para-hydroxylation sites is 1. The summed E-state index contributed by atoms with van der Waals surface area (Å²) in [6.45, 7) is 2.03. The summed E-state index contributed by atoms with van der Waals surface area (Å²) in [6, 6.07) is 20.7. The second-order valence-corrected chi connectivity index (χ2v) is 5.85. The van der Waals surface area contributed by atoms with Crippen molar-refractivity contribution in [2.75, 3.05) is 0 Å². The largest absolute Gasteiger partial charge is 0.507 e. The lowest BCUT2D eigenvalue weighted by Crippen LogP contribution is -1.81. The zero-order chi connectivity index (χ0) is 17.2. The van der Waals surface area contributed by atoms with E-state index in [1.54, 1.807) is 18.3 Å². The smallest absolute Gasteiger partial charge is 0.227 e. The van der Waals surface area contributed by atoms with E-state index in [1.807, 2.05) is 61.5 Å². The van der Waals surface area contributed by atoms with Crippen molar-refractivity contribution in [1.29, 1.82) is 0 Å². The number of oxazole rings is 1. The van der Waals surface area contributed by atoms with Gasteiger partial charge in [0.1, 0.15) is 11.3 Å². The van der Waals surface area contributed by atoms with Crippen LogP contribution < -0.4 is 0 Å². The zero-order valence-electron chi connectivity index (χ0n) is 13.7. The Labute approximate surface area is 145 Å². The topological polar surface area (TPSA) is 58.6 Å². The summed E-state index contributed by atoms with van der Waals surface area (Å²) in [5.74, 6) is 0.807. The second kappa shape index (κ2) is 6.24. The Kier molecular flexibility index (Phi) is 3.78. The van der Waals surface area contributed by atoms with Crippen molar-refractivity contribution in [1.82, 2.24) is 4.98 Å². The number of aryl methyl sites for hydroxylation is 1. The standard InChI is InChI=1S/C21H16N2O2/c1-14-6-11-20-18(12-14)23-21(25-20)15-7-9-17(10-8-15)22-13-16-4-2-3-5-19(16)24/h2-13,24H,1H3. The van der Waals surface area contributed by atoms with Crippen LogP contribution in [-0.2, 0) is 0 Å². The Balaban J connectivity index is 1.60. The summed E-state index contributed by atoms with van der Waals surface area (Å²) < 4.78 is 5.81.